The average molecular weight is 474 g/mol. The first-order valence-electron chi connectivity index (χ1n) is 5.22. The van der Waals surface area contributed by atoms with E-state index in [0.717, 1.165) is 12.1 Å². The summed E-state index contributed by atoms with van der Waals surface area (Å²) in [4.78, 5) is -0.543. The van der Waals surface area contributed by atoms with Crippen LogP contribution in [0.15, 0.2) is 45.8 Å². The molecule has 0 spiro atoms. The molecule has 0 unspecified atom stereocenters. The van der Waals surface area contributed by atoms with Crippen LogP contribution in [0.5, 0.6) is 0 Å². The number of anilines is 1. The largest absolute Gasteiger partial charge is 0.277 e. The second kappa shape index (κ2) is 5.94. The molecule has 0 radical (unpaired) electrons. The SMILES string of the molecule is O=S(=O)(Nc1ccc(I)cc1F)c1ccc(Br)cc1F. The topological polar surface area (TPSA) is 46.2 Å². The molecule has 2 aromatic rings. The number of sulfonamides is 1. The molecule has 0 amide bonds. The van der Waals surface area contributed by atoms with Crippen LogP contribution in [0.1, 0.15) is 0 Å². The van der Waals surface area contributed by atoms with Crippen molar-refractivity contribution in [2.75, 3.05) is 4.72 Å². The van der Waals surface area contributed by atoms with E-state index in [0.29, 0.717) is 8.04 Å². The summed E-state index contributed by atoms with van der Waals surface area (Å²) in [6.07, 6.45) is 0. The lowest BCUT2D eigenvalue weighted by atomic mass is 10.3. The first kappa shape index (κ1) is 15.6. The van der Waals surface area contributed by atoms with Crippen LogP contribution in [0.25, 0.3) is 0 Å². The molecule has 0 fully saturated rings. The van der Waals surface area contributed by atoms with Crippen molar-refractivity contribution in [1.29, 1.82) is 0 Å². The number of hydrogen-bond acceptors (Lipinski definition) is 2. The van der Waals surface area contributed by atoms with Crippen LogP contribution in [0, 0.1) is 15.2 Å². The Labute approximate surface area is 136 Å². The number of halogens is 4. The Hall–Kier alpha value is -0.740. The summed E-state index contributed by atoms with van der Waals surface area (Å²) in [5.41, 5.74) is -0.229. The van der Waals surface area contributed by atoms with E-state index >= 15 is 0 Å². The highest BCUT2D eigenvalue weighted by molar-refractivity contribution is 14.1. The summed E-state index contributed by atoms with van der Waals surface area (Å²) in [6.45, 7) is 0. The zero-order valence-electron chi connectivity index (χ0n) is 9.70. The molecule has 0 bridgehead atoms. The van der Waals surface area contributed by atoms with E-state index < -0.39 is 26.6 Å². The molecule has 106 valence electrons. The summed E-state index contributed by atoms with van der Waals surface area (Å²) in [6, 6.07) is 7.52. The fourth-order valence-corrected chi connectivity index (χ4v) is 3.38. The monoisotopic (exact) mass is 473 g/mol. The van der Waals surface area contributed by atoms with E-state index in [4.69, 9.17) is 0 Å². The maximum Gasteiger partial charge on any atom is 0.264 e. The van der Waals surface area contributed by atoms with Gasteiger partial charge < -0.3 is 0 Å². The number of hydrogen-bond donors (Lipinski definition) is 1. The van der Waals surface area contributed by atoms with Crippen molar-refractivity contribution in [2.45, 2.75) is 4.90 Å². The van der Waals surface area contributed by atoms with Crippen molar-refractivity contribution >= 4 is 54.2 Å². The minimum absolute atomic E-state index is 0.229. The second-order valence-electron chi connectivity index (χ2n) is 3.80. The molecule has 0 saturated carbocycles. The van der Waals surface area contributed by atoms with E-state index in [1.165, 1.54) is 18.2 Å². The van der Waals surface area contributed by atoms with Crippen molar-refractivity contribution in [3.05, 3.63) is 56.1 Å². The summed E-state index contributed by atoms with van der Waals surface area (Å²) in [5, 5.41) is 0. The van der Waals surface area contributed by atoms with Gasteiger partial charge in [-0.2, -0.15) is 0 Å². The van der Waals surface area contributed by atoms with Gasteiger partial charge >= 0.3 is 0 Å². The molecule has 20 heavy (non-hydrogen) atoms. The zero-order valence-corrected chi connectivity index (χ0v) is 14.3. The number of nitrogens with one attached hydrogen (secondary N) is 1. The van der Waals surface area contributed by atoms with Crippen molar-refractivity contribution in [3.8, 4) is 0 Å². The van der Waals surface area contributed by atoms with Gasteiger partial charge in [0.2, 0.25) is 0 Å². The maximum atomic E-state index is 13.7. The van der Waals surface area contributed by atoms with Crippen molar-refractivity contribution in [3.63, 3.8) is 0 Å². The van der Waals surface area contributed by atoms with E-state index in [1.807, 2.05) is 27.3 Å². The lowest BCUT2D eigenvalue weighted by molar-refractivity contribution is 0.569. The minimum atomic E-state index is -4.18. The summed E-state index contributed by atoms with van der Waals surface area (Å²) in [5.74, 6) is -1.64. The molecular weight excluding hydrogens is 467 g/mol. The van der Waals surface area contributed by atoms with Gasteiger partial charge in [0.25, 0.3) is 10.0 Å². The summed E-state index contributed by atoms with van der Waals surface area (Å²) < 4.78 is 54.4. The third kappa shape index (κ3) is 3.47. The molecule has 1 N–H and O–H groups in total. The summed E-state index contributed by atoms with van der Waals surface area (Å²) >= 11 is 4.93. The third-order valence-electron chi connectivity index (χ3n) is 2.36. The fraction of sp³-hybridized carbons (Fsp3) is 0. The van der Waals surface area contributed by atoms with Crippen molar-refractivity contribution < 1.29 is 17.2 Å². The summed E-state index contributed by atoms with van der Waals surface area (Å²) in [7, 11) is -4.18. The molecule has 0 aliphatic heterocycles. The Bertz CT molecular complexity index is 768. The molecule has 0 heterocycles. The minimum Gasteiger partial charge on any atom is -0.277 e. The number of benzene rings is 2. The van der Waals surface area contributed by atoms with Gasteiger partial charge in [-0.15, -0.1) is 0 Å². The first-order valence-corrected chi connectivity index (χ1v) is 8.58. The van der Waals surface area contributed by atoms with E-state index in [-0.39, 0.29) is 5.69 Å². The molecule has 0 aliphatic rings. The van der Waals surface area contributed by atoms with Crippen LogP contribution in [0.4, 0.5) is 14.5 Å². The molecule has 8 heteroatoms. The van der Waals surface area contributed by atoms with Crippen molar-refractivity contribution in [2.24, 2.45) is 0 Å². The highest BCUT2D eigenvalue weighted by Gasteiger charge is 2.20. The predicted octanol–water partition coefficient (Wildman–Crippen LogP) is 4.13. The van der Waals surface area contributed by atoms with Crippen LogP contribution in [-0.4, -0.2) is 8.42 Å². The number of rotatable bonds is 3. The molecule has 3 nitrogen and oxygen atoms in total. The molecule has 0 atom stereocenters. The highest BCUT2D eigenvalue weighted by Crippen LogP contribution is 2.24. The van der Waals surface area contributed by atoms with Gasteiger partial charge in [-0.1, -0.05) is 15.9 Å². The Morgan fingerprint density at radius 3 is 2.35 bits per heavy atom. The molecule has 0 aromatic heterocycles. The Balaban J connectivity index is 2.41. The standard InChI is InChI=1S/C12H7BrF2INO2S/c13-7-1-4-12(10(15)5-7)20(18,19)17-11-3-2-8(16)6-9(11)14/h1-6,17H. The van der Waals surface area contributed by atoms with Gasteiger partial charge in [0.05, 0.1) is 5.69 Å². The Kier molecular flexibility index (Phi) is 4.65. The van der Waals surface area contributed by atoms with Crippen molar-refractivity contribution in [1.82, 2.24) is 0 Å². The smallest absolute Gasteiger partial charge is 0.264 e. The lowest BCUT2D eigenvalue weighted by Crippen LogP contribution is -2.15. The molecule has 2 aromatic carbocycles. The highest BCUT2D eigenvalue weighted by atomic mass is 127. The van der Waals surface area contributed by atoms with Gasteiger partial charge in [0.1, 0.15) is 16.5 Å². The lowest BCUT2D eigenvalue weighted by Gasteiger charge is -2.10. The molecule has 0 aliphatic carbocycles. The zero-order chi connectivity index (χ0) is 14.9. The van der Waals surface area contributed by atoms with Crippen LogP contribution in [0.3, 0.4) is 0 Å². The van der Waals surface area contributed by atoms with Crippen LogP contribution in [-0.2, 0) is 10.0 Å². The molecular formula is C12H7BrF2INO2S. The second-order valence-corrected chi connectivity index (χ2v) is 7.62. The maximum absolute atomic E-state index is 13.7. The van der Waals surface area contributed by atoms with Crippen LogP contribution >= 0.6 is 38.5 Å². The van der Waals surface area contributed by atoms with E-state index in [9.17, 15) is 17.2 Å². The quantitative estimate of drug-likeness (QED) is 0.681. The molecule has 2 rings (SSSR count). The van der Waals surface area contributed by atoms with Gasteiger partial charge in [-0.05, 0) is 59.0 Å². The van der Waals surface area contributed by atoms with Gasteiger partial charge in [0, 0.05) is 8.04 Å². The normalized spacial score (nSPS) is 11.4. The third-order valence-corrected chi connectivity index (χ3v) is 4.92. The fourth-order valence-electron chi connectivity index (χ4n) is 1.47. The van der Waals surface area contributed by atoms with Gasteiger partial charge in [0.15, 0.2) is 0 Å². The van der Waals surface area contributed by atoms with E-state index in [1.54, 1.807) is 6.07 Å². The van der Waals surface area contributed by atoms with Gasteiger partial charge in [-0.3, -0.25) is 4.72 Å². The van der Waals surface area contributed by atoms with E-state index in [2.05, 4.69) is 15.9 Å². The molecule has 0 saturated heterocycles. The predicted molar refractivity (Wildman–Crippen MR) is 84.0 cm³/mol. The first-order chi connectivity index (χ1) is 9.29. The van der Waals surface area contributed by atoms with Crippen LogP contribution in [0.2, 0.25) is 0 Å². The Morgan fingerprint density at radius 1 is 1.05 bits per heavy atom. The Morgan fingerprint density at radius 2 is 1.75 bits per heavy atom. The average Bonchev–Trinajstić information content (AvgIpc) is 2.32. The van der Waals surface area contributed by atoms with Gasteiger partial charge in [-0.25, -0.2) is 17.2 Å². The van der Waals surface area contributed by atoms with Crippen LogP contribution < -0.4 is 4.72 Å².